The first-order valence-corrected chi connectivity index (χ1v) is 9.24. The van der Waals surface area contributed by atoms with Crippen molar-refractivity contribution >= 4 is 28.2 Å². The van der Waals surface area contributed by atoms with Gasteiger partial charge >= 0.3 is 0 Å². The molecule has 0 saturated heterocycles. The minimum absolute atomic E-state index is 0.0264. The zero-order valence-corrected chi connectivity index (χ0v) is 15.1. The van der Waals surface area contributed by atoms with E-state index < -0.39 is 0 Å². The maximum atomic E-state index is 13.1. The maximum Gasteiger partial charge on any atom is 0.250 e. The number of rotatable bonds is 3. The summed E-state index contributed by atoms with van der Waals surface area (Å²) in [5, 5.41) is 2.11. The molecule has 0 bridgehead atoms. The summed E-state index contributed by atoms with van der Waals surface area (Å²) in [6.07, 6.45) is 3.76. The summed E-state index contributed by atoms with van der Waals surface area (Å²) in [5.74, 6) is 0.0522. The molecular weight excluding hydrogens is 346 g/mol. The molecule has 1 aromatic heterocycles. The van der Waals surface area contributed by atoms with Gasteiger partial charge in [0.05, 0.1) is 6.54 Å². The number of allylic oxidation sites excluding steroid dienone is 1. The second-order valence-electron chi connectivity index (χ2n) is 7.00. The van der Waals surface area contributed by atoms with Gasteiger partial charge in [-0.3, -0.25) is 9.59 Å². The normalized spacial score (nSPS) is 12.9. The SMILES string of the molecule is O=C1C(c2ccc(Cn3ccccc3=O)cc2)=Cc2cccc3cccc1c23. The highest BCUT2D eigenvalue weighted by atomic mass is 16.1. The molecule has 0 N–H and O–H groups in total. The van der Waals surface area contributed by atoms with Crippen molar-refractivity contribution in [3.05, 3.63) is 118 Å². The number of carbonyl (C=O) groups excluding carboxylic acids is 1. The summed E-state index contributed by atoms with van der Waals surface area (Å²) in [7, 11) is 0. The molecule has 4 aromatic rings. The second kappa shape index (κ2) is 6.46. The lowest BCUT2D eigenvalue weighted by Gasteiger charge is -2.17. The smallest absolute Gasteiger partial charge is 0.250 e. The third kappa shape index (κ3) is 2.69. The molecule has 3 nitrogen and oxygen atoms in total. The number of carbonyl (C=O) groups is 1. The van der Waals surface area contributed by atoms with Crippen molar-refractivity contribution in [2.24, 2.45) is 0 Å². The first-order valence-electron chi connectivity index (χ1n) is 9.24. The highest BCUT2D eigenvalue weighted by Gasteiger charge is 2.22. The van der Waals surface area contributed by atoms with Crippen molar-refractivity contribution < 1.29 is 4.79 Å². The molecule has 0 aliphatic heterocycles. The molecule has 5 rings (SSSR count). The summed E-state index contributed by atoms with van der Waals surface area (Å²) in [6.45, 7) is 0.509. The fourth-order valence-corrected chi connectivity index (χ4v) is 3.84. The van der Waals surface area contributed by atoms with Crippen LogP contribution in [-0.2, 0) is 6.54 Å². The minimum Gasteiger partial charge on any atom is -0.311 e. The summed E-state index contributed by atoms with van der Waals surface area (Å²) in [4.78, 5) is 25.0. The van der Waals surface area contributed by atoms with Crippen LogP contribution in [0.4, 0.5) is 0 Å². The van der Waals surface area contributed by atoms with Crippen LogP contribution in [0.5, 0.6) is 0 Å². The van der Waals surface area contributed by atoms with Crippen LogP contribution >= 0.6 is 0 Å². The van der Waals surface area contributed by atoms with E-state index in [-0.39, 0.29) is 11.3 Å². The fourth-order valence-electron chi connectivity index (χ4n) is 3.84. The van der Waals surface area contributed by atoms with Gasteiger partial charge in [0, 0.05) is 28.8 Å². The van der Waals surface area contributed by atoms with Crippen molar-refractivity contribution in [2.45, 2.75) is 6.54 Å². The molecule has 0 saturated carbocycles. The number of Topliss-reactive ketones (excluding diaryl/α,β-unsaturated/α-hetero) is 1. The maximum absolute atomic E-state index is 13.1. The lowest BCUT2D eigenvalue weighted by atomic mass is 9.85. The summed E-state index contributed by atoms with van der Waals surface area (Å²) >= 11 is 0. The Morgan fingerprint density at radius 2 is 1.54 bits per heavy atom. The number of hydrogen-bond donors (Lipinski definition) is 0. The van der Waals surface area contributed by atoms with Gasteiger partial charge in [-0.2, -0.15) is 0 Å². The average molecular weight is 363 g/mol. The molecular formula is C25H17NO2. The standard InChI is InChI=1S/C25H17NO2/c27-23-9-1-2-14-26(23)16-17-10-12-18(13-11-17)22-15-20-7-3-5-19-6-4-8-21(24(19)20)25(22)28/h1-15H,16H2. The van der Waals surface area contributed by atoms with Gasteiger partial charge in [0.2, 0.25) is 0 Å². The van der Waals surface area contributed by atoms with Crippen molar-refractivity contribution in [2.75, 3.05) is 0 Å². The highest BCUT2D eigenvalue weighted by Crippen LogP contribution is 2.35. The predicted octanol–water partition coefficient (Wildman–Crippen LogP) is 4.79. The number of aromatic nitrogens is 1. The van der Waals surface area contributed by atoms with Gasteiger partial charge in [0.1, 0.15) is 0 Å². The lowest BCUT2D eigenvalue weighted by molar-refractivity contribution is 0.105. The van der Waals surface area contributed by atoms with Crippen LogP contribution in [0.25, 0.3) is 22.4 Å². The number of nitrogens with zero attached hydrogens (tertiary/aromatic N) is 1. The van der Waals surface area contributed by atoms with Crippen molar-refractivity contribution in [3.63, 3.8) is 0 Å². The third-order valence-electron chi connectivity index (χ3n) is 5.24. The van der Waals surface area contributed by atoms with Crippen molar-refractivity contribution in [1.82, 2.24) is 4.57 Å². The van der Waals surface area contributed by atoms with E-state index in [4.69, 9.17) is 0 Å². The molecule has 0 spiro atoms. The van der Waals surface area contributed by atoms with Gasteiger partial charge in [-0.25, -0.2) is 0 Å². The van der Waals surface area contributed by atoms with Gasteiger partial charge in [-0.1, -0.05) is 66.7 Å². The van der Waals surface area contributed by atoms with Crippen LogP contribution in [0.3, 0.4) is 0 Å². The molecule has 1 aliphatic rings. The number of ketones is 1. The van der Waals surface area contributed by atoms with Crippen LogP contribution in [0, 0.1) is 0 Å². The average Bonchev–Trinajstić information content (AvgIpc) is 2.73. The van der Waals surface area contributed by atoms with Crippen LogP contribution < -0.4 is 5.56 Å². The van der Waals surface area contributed by atoms with E-state index in [1.54, 1.807) is 22.9 Å². The van der Waals surface area contributed by atoms with Crippen molar-refractivity contribution in [1.29, 1.82) is 0 Å². The van der Waals surface area contributed by atoms with E-state index in [1.807, 2.05) is 66.7 Å². The topological polar surface area (TPSA) is 39.1 Å². The van der Waals surface area contributed by atoms with Crippen LogP contribution in [0.1, 0.15) is 27.0 Å². The second-order valence-corrected chi connectivity index (χ2v) is 7.00. The Bertz CT molecular complexity index is 1310. The van der Waals surface area contributed by atoms with E-state index in [0.717, 1.165) is 33.0 Å². The highest BCUT2D eigenvalue weighted by molar-refractivity contribution is 6.38. The van der Waals surface area contributed by atoms with E-state index in [9.17, 15) is 9.59 Å². The quantitative estimate of drug-likeness (QED) is 0.525. The molecule has 1 heterocycles. The van der Waals surface area contributed by atoms with Gasteiger partial charge in [-0.15, -0.1) is 0 Å². The molecule has 3 heteroatoms. The number of benzene rings is 3. The monoisotopic (exact) mass is 363 g/mol. The summed E-state index contributed by atoms with van der Waals surface area (Å²) in [6, 6.07) is 25.0. The Morgan fingerprint density at radius 3 is 2.32 bits per heavy atom. The molecule has 134 valence electrons. The van der Waals surface area contributed by atoms with E-state index in [1.165, 1.54) is 0 Å². The zero-order chi connectivity index (χ0) is 19.1. The van der Waals surface area contributed by atoms with Gasteiger partial charge in [0.25, 0.3) is 5.56 Å². The molecule has 0 unspecified atom stereocenters. The number of hydrogen-bond acceptors (Lipinski definition) is 2. The third-order valence-corrected chi connectivity index (χ3v) is 5.24. The zero-order valence-electron chi connectivity index (χ0n) is 15.1. The Kier molecular flexibility index (Phi) is 3.80. The van der Waals surface area contributed by atoms with Gasteiger partial charge in [-0.05, 0) is 34.2 Å². The van der Waals surface area contributed by atoms with Crippen LogP contribution in [0.2, 0.25) is 0 Å². The first-order chi connectivity index (χ1) is 13.7. The van der Waals surface area contributed by atoms with Crippen LogP contribution in [-0.4, -0.2) is 10.4 Å². The van der Waals surface area contributed by atoms with Crippen molar-refractivity contribution in [3.8, 4) is 0 Å². The molecule has 0 amide bonds. The predicted molar refractivity (Wildman–Crippen MR) is 112 cm³/mol. The Balaban J connectivity index is 1.52. The van der Waals surface area contributed by atoms with Gasteiger partial charge in [0.15, 0.2) is 5.78 Å². The first kappa shape index (κ1) is 16.5. The summed E-state index contributed by atoms with van der Waals surface area (Å²) in [5.41, 5.74) is 4.41. The summed E-state index contributed by atoms with van der Waals surface area (Å²) < 4.78 is 1.66. The molecule has 0 atom stereocenters. The van der Waals surface area contributed by atoms with Crippen LogP contribution in [0.15, 0.2) is 89.9 Å². The van der Waals surface area contributed by atoms with E-state index in [2.05, 4.69) is 6.07 Å². The molecule has 28 heavy (non-hydrogen) atoms. The largest absolute Gasteiger partial charge is 0.311 e. The van der Waals surface area contributed by atoms with E-state index in [0.29, 0.717) is 12.1 Å². The molecule has 0 fully saturated rings. The Labute approximate surface area is 162 Å². The molecule has 3 aromatic carbocycles. The number of pyridine rings is 1. The molecule has 0 radical (unpaired) electrons. The molecule has 1 aliphatic carbocycles. The lowest BCUT2D eigenvalue weighted by Crippen LogP contribution is -2.18. The Morgan fingerprint density at radius 1 is 0.750 bits per heavy atom. The van der Waals surface area contributed by atoms with E-state index >= 15 is 0 Å². The fraction of sp³-hybridized carbons (Fsp3) is 0.0400. The Hall–Kier alpha value is -3.72. The minimum atomic E-state index is -0.0264. The van der Waals surface area contributed by atoms with Gasteiger partial charge < -0.3 is 4.57 Å².